The molecule has 7 nitrogen and oxygen atoms in total. The number of carbonyl (C=O) groups is 1. The molecular weight excluding hydrogens is 470 g/mol. The van der Waals surface area contributed by atoms with Gasteiger partial charge in [0.1, 0.15) is 41.8 Å². The Hall–Kier alpha value is -4.13. The van der Waals surface area contributed by atoms with Crippen LogP contribution in [-0.2, 0) is 12.1 Å². The van der Waals surface area contributed by atoms with Gasteiger partial charge in [-0.2, -0.15) is 0 Å². The number of rotatable bonds is 7. The topological polar surface area (TPSA) is 83.4 Å². The van der Waals surface area contributed by atoms with E-state index in [-0.39, 0.29) is 13.2 Å². The number of nitroso groups, excluding NO2 is 1. The summed E-state index contributed by atoms with van der Waals surface area (Å²) < 4.78 is 24.1. The van der Waals surface area contributed by atoms with Crippen LogP contribution in [0.15, 0.2) is 65.9 Å². The van der Waals surface area contributed by atoms with Crippen molar-refractivity contribution < 1.29 is 23.7 Å². The Kier molecular flexibility index (Phi) is 6.23. The highest BCUT2D eigenvalue weighted by atomic mass is 16.5. The van der Waals surface area contributed by atoms with E-state index in [1.807, 2.05) is 69.3 Å². The molecule has 190 valence electrons. The summed E-state index contributed by atoms with van der Waals surface area (Å²) >= 11 is 0. The average molecular weight is 500 g/mol. The molecule has 0 saturated heterocycles. The van der Waals surface area contributed by atoms with E-state index in [1.165, 1.54) is 0 Å². The summed E-state index contributed by atoms with van der Waals surface area (Å²) in [5, 5.41) is 3.40. The van der Waals surface area contributed by atoms with Gasteiger partial charge in [-0.1, -0.05) is 30.3 Å². The Morgan fingerprint density at radius 1 is 1.05 bits per heavy atom. The zero-order chi connectivity index (χ0) is 26.2. The zero-order valence-corrected chi connectivity index (χ0v) is 21.4. The summed E-state index contributed by atoms with van der Waals surface area (Å²) in [5.74, 6) is 1.52. The van der Waals surface area contributed by atoms with Gasteiger partial charge in [0.25, 0.3) is 0 Å². The smallest absolute Gasteiger partial charge is 0.227 e. The molecule has 3 aromatic carbocycles. The van der Waals surface area contributed by atoms with Crippen LogP contribution in [0.2, 0.25) is 0 Å². The third kappa shape index (κ3) is 4.35. The van der Waals surface area contributed by atoms with E-state index in [0.29, 0.717) is 51.9 Å². The lowest BCUT2D eigenvalue weighted by Crippen LogP contribution is -2.44. The van der Waals surface area contributed by atoms with E-state index in [4.69, 9.17) is 18.9 Å². The van der Waals surface area contributed by atoms with Crippen LogP contribution < -0.4 is 18.9 Å². The van der Waals surface area contributed by atoms with E-state index < -0.39 is 16.9 Å². The second kappa shape index (κ2) is 9.39. The number of hydrogen-bond donors (Lipinski definition) is 0. The molecule has 0 spiro atoms. The van der Waals surface area contributed by atoms with E-state index in [9.17, 15) is 9.70 Å². The van der Waals surface area contributed by atoms with Gasteiger partial charge in [0.15, 0.2) is 0 Å². The summed E-state index contributed by atoms with van der Waals surface area (Å²) in [4.78, 5) is 26.7. The van der Waals surface area contributed by atoms with Crippen molar-refractivity contribution in [2.24, 2.45) is 5.18 Å². The first-order chi connectivity index (χ1) is 17.8. The molecule has 0 bridgehead atoms. The number of fused-ring (bicyclic) bond motifs is 3. The summed E-state index contributed by atoms with van der Waals surface area (Å²) in [6, 6.07) is 16.5. The highest BCUT2D eigenvalue weighted by molar-refractivity contribution is 6.09. The first-order valence-electron chi connectivity index (χ1n) is 12.3. The van der Waals surface area contributed by atoms with Gasteiger partial charge in [-0.25, -0.2) is 0 Å². The van der Waals surface area contributed by atoms with Crippen molar-refractivity contribution >= 4 is 11.9 Å². The lowest BCUT2D eigenvalue weighted by Gasteiger charge is -2.36. The summed E-state index contributed by atoms with van der Waals surface area (Å²) in [7, 11) is 0. The molecule has 0 aliphatic carbocycles. The summed E-state index contributed by atoms with van der Waals surface area (Å²) in [5.41, 5.74) is 0.630. The Bertz CT molecular complexity index is 1390. The van der Waals surface area contributed by atoms with Gasteiger partial charge < -0.3 is 18.9 Å². The standard InChI is InChI=1S/C30H29NO6/c1-5-34-21-11-12-23(25(16-21)35-17-20-9-7-6-8-10-20)30(31-33)18-36-27-22-13-14-29(3,4)37-24(22)15-19(2)26(27)28(30)32/h6-16H,5,17-18H2,1-4H3. The minimum atomic E-state index is -1.82. The zero-order valence-electron chi connectivity index (χ0n) is 21.4. The number of nitrogens with zero attached hydrogens (tertiary/aromatic N) is 1. The summed E-state index contributed by atoms with van der Waals surface area (Å²) in [6.45, 7) is 8.04. The highest BCUT2D eigenvalue weighted by Crippen LogP contribution is 2.48. The molecule has 0 radical (unpaired) electrons. The Labute approximate surface area is 216 Å². The predicted molar refractivity (Wildman–Crippen MR) is 141 cm³/mol. The van der Waals surface area contributed by atoms with E-state index >= 15 is 0 Å². The minimum Gasteiger partial charge on any atom is -0.494 e. The monoisotopic (exact) mass is 499 g/mol. The van der Waals surface area contributed by atoms with Crippen LogP contribution in [-0.4, -0.2) is 24.6 Å². The molecule has 2 heterocycles. The Morgan fingerprint density at radius 3 is 2.57 bits per heavy atom. The second-order valence-electron chi connectivity index (χ2n) is 9.78. The molecular formula is C30H29NO6. The van der Waals surface area contributed by atoms with Gasteiger partial charge in [0, 0.05) is 11.6 Å². The molecule has 0 amide bonds. The van der Waals surface area contributed by atoms with E-state index in [2.05, 4.69) is 5.18 Å². The predicted octanol–water partition coefficient (Wildman–Crippen LogP) is 6.39. The molecule has 7 heteroatoms. The van der Waals surface area contributed by atoms with Crippen LogP contribution in [0, 0.1) is 11.8 Å². The third-order valence-electron chi connectivity index (χ3n) is 6.63. The quantitative estimate of drug-likeness (QED) is 0.350. The van der Waals surface area contributed by atoms with Crippen molar-refractivity contribution in [1.82, 2.24) is 0 Å². The number of benzene rings is 3. The molecule has 0 aromatic heterocycles. The third-order valence-corrected chi connectivity index (χ3v) is 6.63. The van der Waals surface area contributed by atoms with Crippen LogP contribution in [0.4, 0.5) is 0 Å². The molecule has 5 rings (SSSR count). The lowest BCUT2D eigenvalue weighted by molar-refractivity contribution is 0.0766. The Balaban J connectivity index is 1.59. The van der Waals surface area contributed by atoms with Crippen molar-refractivity contribution in [2.75, 3.05) is 13.2 Å². The number of ether oxygens (including phenoxy) is 4. The van der Waals surface area contributed by atoms with Gasteiger partial charge in [-0.15, -0.1) is 4.91 Å². The number of ketones is 1. The molecule has 1 atom stereocenters. The first kappa shape index (κ1) is 24.6. The largest absolute Gasteiger partial charge is 0.494 e. The molecule has 2 aliphatic rings. The summed E-state index contributed by atoms with van der Waals surface area (Å²) in [6.07, 6.45) is 3.82. The van der Waals surface area contributed by atoms with E-state index in [1.54, 1.807) is 25.1 Å². The van der Waals surface area contributed by atoms with Crippen LogP contribution in [0.3, 0.4) is 0 Å². The number of carbonyl (C=O) groups excluding carboxylic acids is 1. The van der Waals surface area contributed by atoms with Crippen molar-refractivity contribution in [1.29, 1.82) is 0 Å². The molecule has 1 unspecified atom stereocenters. The maximum atomic E-state index is 14.1. The SMILES string of the molecule is CCOc1ccc(C2(N=O)COc3c4c(cc(C)c3C2=O)OC(C)(C)C=C4)c(OCc2ccccc2)c1. The van der Waals surface area contributed by atoms with Gasteiger partial charge >= 0.3 is 0 Å². The first-order valence-corrected chi connectivity index (χ1v) is 12.3. The minimum absolute atomic E-state index is 0.244. The average Bonchev–Trinajstić information content (AvgIpc) is 2.88. The molecule has 37 heavy (non-hydrogen) atoms. The molecule has 2 aliphatic heterocycles. The van der Waals surface area contributed by atoms with Crippen molar-refractivity contribution in [2.45, 2.75) is 45.4 Å². The maximum absolute atomic E-state index is 14.1. The molecule has 0 saturated carbocycles. The number of aryl methyl sites for hydroxylation is 1. The number of Topliss-reactive ketones (excluding diaryl/α,β-unsaturated/α-hetero) is 1. The highest BCUT2D eigenvalue weighted by Gasteiger charge is 2.51. The van der Waals surface area contributed by atoms with Gasteiger partial charge in [-0.3, -0.25) is 4.79 Å². The second-order valence-corrected chi connectivity index (χ2v) is 9.78. The van der Waals surface area contributed by atoms with Crippen LogP contribution in [0.1, 0.15) is 53.4 Å². The maximum Gasteiger partial charge on any atom is 0.227 e. The van der Waals surface area contributed by atoms with E-state index in [0.717, 1.165) is 5.56 Å². The van der Waals surface area contributed by atoms with Crippen LogP contribution >= 0.6 is 0 Å². The van der Waals surface area contributed by atoms with Gasteiger partial charge in [-0.05, 0) is 74.3 Å². The molecule has 3 aromatic rings. The van der Waals surface area contributed by atoms with Gasteiger partial charge in [0.05, 0.1) is 17.7 Å². The molecule has 0 N–H and O–H groups in total. The fourth-order valence-corrected chi connectivity index (χ4v) is 4.77. The van der Waals surface area contributed by atoms with Crippen LogP contribution in [0.25, 0.3) is 6.08 Å². The van der Waals surface area contributed by atoms with Crippen LogP contribution in [0.5, 0.6) is 23.0 Å². The lowest BCUT2D eigenvalue weighted by atomic mass is 9.79. The fraction of sp³-hybridized carbons (Fsp3) is 0.300. The molecule has 0 fully saturated rings. The van der Waals surface area contributed by atoms with Gasteiger partial charge in [0.2, 0.25) is 11.3 Å². The number of hydrogen-bond acceptors (Lipinski definition) is 7. The Morgan fingerprint density at radius 2 is 1.84 bits per heavy atom. The fourth-order valence-electron chi connectivity index (χ4n) is 4.77. The van der Waals surface area contributed by atoms with Crippen molar-refractivity contribution in [3.63, 3.8) is 0 Å². The van der Waals surface area contributed by atoms with Crippen molar-refractivity contribution in [3.8, 4) is 23.0 Å². The normalized spacial score (nSPS) is 19.2. The van der Waals surface area contributed by atoms with Crippen molar-refractivity contribution in [3.05, 3.63) is 93.4 Å².